The quantitative estimate of drug-likeness (QED) is 0.732. The van der Waals surface area contributed by atoms with Crippen molar-refractivity contribution in [2.75, 3.05) is 33.2 Å². The highest BCUT2D eigenvalue weighted by molar-refractivity contribution is 5.88. The fourth-order valence-electron chi connectivity index (χ4n) is 5.18. The van der Waals surface area contributed by atoms with Crippen LogP contribution < -0.4 is 5.32 Å². The molecule has 8 heteroatoms. The number of nitrogens with one attached hydrogen (secondary N) is 1. The van der Waals surface area contributed by atoms with E-state index in [2.05, 4.69) is 33.8 Å². The van der Waals surface area contributed by atoms with E-state index in [0.29, 0.717) is 19.0 Å². The topological polar surface area (TPSA) is 90.7 Å². The molecular weight excluding hydrogens is 358 g/mol. The van der Waals surface area contributed by atoms with Crippen LogP contribution in [0.4, 0.5) is 0 Å². The molecule has 8 nitrogen and oxygen atoms in total. The highest BCUT2D eigenvalue weighted by atomic mass is 16.4. The van der Waals surface area contributed by atoms with Crippen molar-refractivity contribution in [3.63, 3.8) is 0 Å². The standard InChI is InChI=1S/C20H29N5O3/c1-3-9-25-16-5-4-14(13-15(16)17(22-25)18(26)27)24-10-6-20(7-11-24)19(28)21-8-12-23(20)2/h3,14H,1,4-13H2,2H3,(H,21,28)(H,26,27). The van der Waals surface area contributed by atoms with Gasteiger partial charge in [0.2, 0.25) is 5.91 Å². The van der Waals surface area contributed by atoms with E-state index in [1.54, 1.807) is 10.8 Å². The second-order valence-corrected chi connectivity index (χ2v) is 8.19. The normalized spacial score (nSPS) is 25.3. The second kappa shape index (κ2) is 7.33. The van der Waals surface area contributed by atoms with E-state index in [0.717, 1.165) is 63.1 Å². The molecule has 1 amide bonds. The molecule has 2 N–H and O–H groups in total. The summed E-state index contributed by atoms with van der Waals surface area (Å²) >= 11 is 0. The van der Waals surface area contributed by atoms with Crippen LogP contribution in [0, 0.1) is 0 Å². The highest BCUT2D eigenvalue weighted by Gasteiger charge is 2.47. The lowest BCUT2D eigenvalue weighted by Crippen LogP contribution is -2.67. The Hall–Kier alpha value is -2.19. The maximum atomic E-state index is 12.6. The van der Waals surface area contributed by atoms with Gasteiger partial charge in [0.05, 0.1) is 6.54 Å². The van der Waals surface area contributed by atoms with E-state index in [-0.39, 0.29) is 17.1 Å². The van der Waals surface area contributed by atoms with Crippen LogP contribution in [0.2, 0.25) is 0 Å². The largest absolute Gasteiger partial charge is 0.476 e. The minimum absolute atomic E-state index is 0.158. The molecule has 0 bridgehead atoms. The molecule has 28 heavy (non-hydrogen) atoms. The van der Waals surface area contributed by atoms with E-state index in [9.17, 15) is 14.7 Å². The van der Waals surface area contributed by atoms with Gasteiger partial charge in [0, 0.05) is 43.5 Å². The average Bonchev–Trinajstić information content (AvgIpc) is 3.05. The molecule has 0 radical (unpaired) electrons. The Morgan fingerprint density at radius 1 is 1.39 bits per heavy atom. The molecule has 0 saturated carbocycles. The van der Waals surface area contributed by atoms with Gasteiger partial charge in [0.15, 0.2) is 5.69 Å². The molecule has 4 rings (SSSR count). The smallest absolute Gasteiger partial charge is 0.356 e. The first-order chi connectivity index (χ1) is 13.5. The van der Waals surface area contributed by atoms with Crippen LogP contribution in [0.15, 0.2) is 12.7 Å². The minimum atomic E-state index is -0.960. The lowest BCUT2D eigenvalue weighted by Gasteiger charge is -2.50. The number of rotatable bonds is 4. The second-order valence-electron chi connectivity index (χ2n) is 8.19. The first-order valence-electron chi connectivity index (χ1n) is 10.1. The zero-order valence-corrected chi connectivity index (χ0v) is 16.5. The monoisotopic (exact) mass is 387 g/mol. The van der Waals surface area contributed by atoms with E-state index in [1.165, 1.54) is 0 Å². The van der Waals surface area contributed by atoms with Crippen molar-refractivity contribution < 1.29 is 14.7 Å². The number of nitrogens with zero attached hydrogens (tertiary/aromatic N) is 4. The number of hydrogen-bond acceptors (Lipinski definition) is 5. The van der Waals surface area contributed by atoms with Gasteiger partial charge in [-0.15, -0.1) is 6.58 Å². The lowest BCUT2D eigenvalue weighted by atomic mass is 9.81. The van der Waals surface area contributed by atoms with Gasteiger partial charge in [-0.05, 0) is 39.2 Å². The van der Waals surface area contributed by atoms with E-state index in [4.69, 9.17) is 0 Å². The number of aromatic nitrogens is 2. The van der Waals surface area contributed by atoms with E-state index < -0.39 is 5.97 Å². The van der Waals surface area contributed by atoms with Crippen LogP contribution in [0.1, 0.15) is 41.0 Å². The van der Waals surface area contributed by atoms with Crippen LogP contribution in [0.25, 0.3) is 0 Å². The maximum absolute atomic E-state index is 12.6. The summed E-state index contributed by atoms with van der Waals surface area (Å²) in [5, 5.41) is 16.9. The van der Waals surface area contributed by atoms with Crippen molar-refractivity contribution in [2.24, 2.45) is 0 Å². The SMILES string of the molecule is C=CCn1nc(C(=O)O)c2c1CCC(N1CCC3(CC1)C(=O)NCCN3C)C2. The van der Waals surface area contributed by atoms with Crippen LogP contribution in [-0.2, 0) is 24.2 Å². The van der Waals surface area contributed by atoms with Gasteiger partial charge in [0.25, 0.3) is 0 Å². The summed E-state index contributed by atoms with van der Waals surface area (Å²) in [4.78, 5) is 28.9. The Balaban J connectivity index is 1.49. The Morgan fingerprint density at radius 3 is 2.79 bits per heavy atom. The zero-order chi connectivity index (χ0) is 19.9. The van der Waals surface area contributed by atoms with Gasteiger partial charge >= 0.3 is 5.97 Å². The molecule has 1 aromatic heterocycles. The Morgan fingerprint density at radius 2 is 2.14 bits per heavy atom. The average molecular weight is 387 g/mol. The number of carboxylic acid groups (broad SMARTS) is 1. The summed E-state index contributed by atoms with van der Waals surface area (Å²) in [6.45, 7) is 7.62. The third-order valence-corrected chi connectivity index (χ3v) is 6.85. The van der Waals surface area contributed by atoms with Crippen molar-refractivity contribution in [2.45, 2.75) is 50.2 Å². The molecular formula is C20H29N5O3. The van der Waals surface area contributed by atoms with E-state index >= 15 is 0 Å². The zero-order valence-electron chi connectivity index (χ0n) is 16.5. The number of hydrogen-bond donors (Lipinski definition) is 2. The number of likely N-dealkylation sites (N-methyl/N-ethyl adjacent to an activating group) is 1. The van der Waals surface area contributed by atoms with Crippen molar-refractivity contribution in [1.82, 2.24) is 24.9 Å². The number of carboxylic acids is 1. The molecule has 1 atom stereocenters. The molecule has 2 fully saturated rings. The minimum Gasteiger partial charge on any atom is -0.476 e. The molecule has 152 valence electrons. The number of aromatic carboxylic acids is 1. The summed E-state index contributed by atoms with van der Waals surface area (Å²) in [6.07, 6.45) is 5.92. The lowest BCUT2D eigenvalue weighted by molar-refractivity contribution is -0.140. The predicted octanol–water partition coefficient (Wildman–Crippen LogP) is 0.521. The Labute approximate surface area is 165 Å². The van der Waals surface area contributed by atoms with Gasteiger partial charge in [-0.3, -0.25) is 19.3 Å². The molecule has 1 spiro atoms. The van der Waals surface area contributed by atoms with E-state index in [1.807, 2.05) is 0 Å². The third kappa shape index (κ3) is 3.04. The first-order valence-corrected chi connectivity index (χ1v) is 10.1. The van der Waals surface area contributed by atoms with Gasteiger partial charge in [-0.1, -0.05) is 6.08 Å². The van der Waals surface area contributed by atoms with Crippen molar-refractivity contribution >= 4 is 11.9 Å². The number of allylic oxidation sites excluding steroid dienone is 1. The summed E-state index contributed by atoms with van der Waals surface area (Å²) in [5.74, 6) is -0.802. The van der Waals surface area contributed by atoms with Gasteiger partial charge in [-0.2, -0.15) is 5.10 Å². The molecule has 0 aromatic carbocycles. The van der Waals surface area contributed by atoms with Gasteiger partial charge in [-0.25, -0.2) is 4.79 Å². The molecule has 3 heterocycles. The summed E-state index contributed by atoms with van der Waals surface area (Å²) in [7, 11) is 2.05. The van der Waals surface area contributed by atoms with Crippen LogP contribution in [-0.4, -0.2) is 81.4 Å². The van der Waals surface area contributed by atoms with Crippen molar-refractivity contribution in [1.29, 1.82) is 0 Å². The van der Waals surface area contributed by atoms with Crippen molar-refractivity contribution in [3.05, 3.63) is 29.6 Å². The van der Waals surface area contributed by atoms with Crippen LogP contribution in [0.5, 0.6) is 0 Å². The summed E-state index contributed by atoms with van der Waals surface area (Å²) < 4.78 is 1.79. The van der Waals surface area contributed by atoms with Gasteiger partial charge in [0.1, 0.15) is 5.54 Å². The molecule has 1 aliphatic carbocycles. The molecule has 3 aliphatic rings. The number of carbonyl (C=O) groups excluding carboxylic acids is 1. The Kier molecular flexibility index (Phi) is 5.01. The number of fused-ring (bicyclic) bond motifs is 1. The fourth-order valence-corrected chi connectivity index (χ4v) is 5.18. The Bertz CT molecular complexity index is 794. The maximum Gasteiger partial charge on any atom is 0.356 e. The molecule has 2 saturated heterocycles. The van der Waals surface area contributed by atoms with Gasteiger partial charge < -0.3 is 10.4 Å². The molecule has 1 aromatic rings. The number of likely N-dealkylation sites (tertiary alicyclic amines) is 1. The fraction of sp³-hybridized carbons (Fsp3) is 0.650. The first kappa shape index (κ1) is 19.1. The summed E-state index contributed by atoms with van der Waals surface area (Å²) in [5.41, 5.74) is 1.71. The molecule has 2 aliphatic heterocycles. The number of carbonyl (C=O) groups is 2. The number of piperazine rings is 1. The number of amides is 1. The van der Waals surface area contributed by atoms with Crippen molar-refractivity contribution in [3.8, 4) is 0 Å². The third-order valence-electron chi connectivity index (χ3n) is 6.85. The number of piperidine rings is 1. The van der Waals surface area contributed by atoms with Crippen LogP contribution >= 0.6 is 0 Å². The summed E-state index contributed by atoms with van der Waals surface area (Å²) in [6, 6.07) is 0.307. The van der Waals surface area contributed by atoms with Crippen LogP contribution in [0.3, 0.4) is 0 Å². The predicted molar refractivity (Wildman–Crippen MR) is 104 cm³/mol. The molecule has 1 unspecified atom stereocenters. The highest BCUT2D eigenvalue weighted by Crippen LogP contribution is 2.34.